The summed E-state index contributed by atoms with van der Waals surface area (Å²) in [5.41, 5.74) is 0. The molecule has 5 heteroatoms. The van der Waals surface area contributed by atoms with Crippen molar-refractivity contribution in [3.05, 3.63) is 0 Å². The van der Waals surface area contributed by atoms with Gasteiger partial charge in [-0.3, -0.25) is 9.69 Å². The van der Waals surface area contributed by atoms with Gasteiger partial charge in [0, 0.05) is 13.1 Å². The maximum atomic E-state index is 10.2. The molecule has 0 radical (unpaired) electrons. The van der Waals surface area contributed by atoms with Crippen molar-refractivity contribution in [3.8, 4) is 0 Å². The van der Waals surface area contributed by atoms with E-state index in [0.29, 0.717) is 13.2 Å². The molecule has 0 atom stereocenters. The molecule has 1 N–H and O–H groups in total. The number of morpholine rings is 1. The summed E-state index contributed by atoms with van der Waals surface area (Å²) >= 11 is 0. The summed E-state index contributed by atoms with van der Waals surface area (Å²) in [5.74, 6) is -0.762. The predicted molar refractivity (Wildman–Crippen MR) is 42.9 cm³/mol. The zero-order valence-corrected chi connectivity index (χ0v) is 7.87. The van der Waals surface area contributed by atoms with Crippen molar-refractivity contribution in [1.82, 2.24) is 4.90 Å². The summed E-state index contributed by atoms with van der Waals surface area (Å²) in [6.07, 6.45) is 0. The van der Waals surface area contributed by atoms with E-state index in [1.54, 1.807) is 0 Å². The molecule has 1 rings (SSSR count). The number of rotatable bonds is 2. The van der Waals surface area contributed by atoms with Crippen LogP contribution < -0.4 is 0 Å². The van der Waals surface area contributed by atoms with Crippen LogP contribution in [0, 0.1) is 0 Å². The minimum atomic E-state index is -0.762. The van der Waals surface area contributed by atoms with Crippen molar-refractivity contribution < 1.29 is 17.5 Å². The third-order valence-corrected chi connectivity index (χ3v) is 1.46. The first-order valence-corrected chi connectivity index (χ1v) is 3.31. The number of carboxylic acids is 1. The van der Waals surface area contributed by atoms with Crippen LogP contribution in [0.15, 0.2) is 0 Å². The quantitative estimate of drug-likeness (QED) is 0.556. The molecule has 1 saturated heterocycles. The van der Waals surface area contributed by atoms with Crippen LogP contribution in [0.2, 0.25) is 0 Å². The third-order valence-electron chi connectivity index (χ3n) is 1.46. The third kappa shape index (κ3) is 4.57. The van der Waals surface area contributed by atoms with Gasteiger partial charge in [0.2, 0.25) is 0 Å². The van der Waals surface area contributed by atoms with E-state index in [1.165, 1.54) is 0 Å². The Morgan fingerprint density at radius 1 is 1.55 bits per heavy atom. The first-order chi connectivity index (χ1) is 4.79. The van der Waals surface area contributed by atoms with E-state index in [0.717, 1.165) is 13.1 Å². The fourth-order valence-electron chi connectivity index (χ4n) is 0.951. The smallest absolute Gasteiger partial charge is 1.00 e. The van der Waals surface area contributed by atoms with Crippen LogP contribution in [0.3, 0.4) is 0 Å². The Morgan fingerprint density at radius 2 is 2.09 bits per heavy atom. The summed E-state index contributed by atoms with van der Waals surface area (Å²) in [4.78, 5) is 12.1. The summed E-state index contributed by atoms with van der Waals surface area (Å²) in [6, 6.07) is 0. The Balaban J connectivity index is -0.000000333. The maximum absolute atomic E-state index is 10.2. The Labute approximate surface area is 84.6 Å². The first-order valence-electron chi connectivity index (χ1n) is 3.31. The van der Waals surface area contributed by atoms with Gasteiger partial charge >= 0.3 is 29.0 Å². The van der Waals surface area contributed by atoms with Gasteiger partial charge < -0.3 is 12.7 Å². The van der Waals surface area contributed by atoms with Crippen molar-refractivity contribution in [2.75, 3.05) is 32.8 Å². The Bertz CT molecular complexity index is 133. The summed E-state index contributed by atoms with van der Waals surface area (Å²) in [7, 11) is 0. The molecule has 1 aliphatic rings. The van der Waals surface area contributed by atoms with Gasteiger partial charge in [0.25, 0.3) is 0 Å². The van der Waals surface area contributed by atoms with Crippen molar-refractivity contribution in [1.29, 1.82) is 0 Å². The van der Waals surface area contributed by atoms with Crippen LogP contribution in [0.1, 0.15) is 2.85 Å². The molecular weight excluding hydrogens is 158 g/mol. The van der Waals surface area contributed by atoms with Crippen LogP contribution >= 0.6 is 0 Å². The molecule has 1 fully saturated rings. The maximum Gasteiger partial charge on any atom is 2.00 e. The molecule has 0 saturated carbocycles. The van der Waals surface area contributed by atoms with E-state index < -0.39 is 5.97 Å². The van der Waals surface area contributed by atoms with E-state index >= 15 is 0 Å². The topological polar surface area (TPSA) is 49.8 Å². The van der Waals surface area contributed by atoms with E-state index in [4.69, 9.17) is 9.84 Å². The van der Waals surface area contributed by atoms with Gasteiger partial charge in [0.05, 0.1) is 19.8 Å². The molecule has 4 nitrogen and oxygen atoms in total. The van der Waals surface area contributed by atoms with E-state index in [-0.39, 0.29) is 32.5 Å². The monoisotopic (exact) mass is 171 g/mol. The number of hydrogen-bond acceptors (Lipinski definition) is 3. The van der Waals surface area contributed by atoms with Gasteiger partial charge in [0.1, 0.15) is 0 Å². The van der Waals surface area contributed by atoms with Crippen LogP contribution in [-0.4, -0.2) is 71.9 Å². The van der Waals surface area contributed by atoms with Gasteiger partial charge in [0.15, 0.2) is 0 Å². The number of carbonyl (C=O) groups is 1. The van der Waals surface area contributed by atoms with Crippen LogP contribution in [0.25, 0.3) is 0 Å². The average molecular weight is 171 g/mol. The van der Waals surface area contributed by atoms with Crippen LogP contribution in [-0.2, 0) is 9.53 Å². The Kier molecular flexibility index (Phi) is 5.84. The standard InChI is InChI=1S/C6H11NO3.Mg.2H/c8-6(9)5-7-1-3-10-4-2-7;;;/h1-5H2,(H,8,9);;;/q;+2;2*-1. The largest absolute Gasteiger partial charge is 2.00 e. The molecule has 0 spiro atoms. The second kappa shape index (κ2) is 5.76. The summed E-state index contributed by atoms with van der Waals surface area (Å²) in [5, 5.41) is 8.38. The van der Waals surface area contributed by atoms with Gasteiger partial charge in [-0.1, -0.05) is 0 Å². The number of carboxylic acid groups (broad SMARTS) is 1. The normalized spacial score (nSPS) is 18.9. The van der Waals surface area contributed by atoms with Gasteiger partial charge in [-0.25, -0.2) is 0 Å². The zero-order valence-electron chi connectivity index (χ0n) is 8.45. The zero-order chi connectivity index (χ0) is 7.40. The van der Waals surface area contributed by atoms with Gasteiger partial charge in [-0.05, 0) is 0 Å². The molecule has 0 aromatic heterocycles. The molecule has 0 aliphatic carbocycles. The summed E-state index contributed by atoms with van der Waals surface area (Å²) < 4.78 is 5.05. The van der Waals surface area contributed by atoms with Crippen molar-refractivity contribution >= 4 is 29.0 Å². The fourth-order valence-corrected chi connectivity index (χ4v) is 0.951. The predicted octanol–water partition coefficient (Wildman–Crippen LogP) is -0.753. The van der Waals surface area contributed by atoms with Crippen LogP contribution in [0.4, 0.5) is 0 Å². The fraction of sp³-hybridized carbons (Fsp3) is 0.833. The van der Waals surface area contributed by atoms with E-state index in [9.17, 15) is 4.79 Å². The number of aliphatic carboxylic acids is 1. The van der Waals surface area contributed by atoms with Crippen molar-refractivity contribution in [2.24, 2.45) is 0 Å². The second-order valence-corrected chi connectivity index (χ2v) is 2.28. The molecule has 0 aromatic rings. The SMILES string of the molecule is O=C(O)CN1CCOCC1.[H-].[H-].[Mg+2]. The molecule has 0 amide bonds. The minimum absolute atomic E-state index is 0. The molecule has 0 unspecified atom stereocenters. The first kappa shape index (κ1) is 11.2. The molecule has 0 aromatic carbocycles. The Morgan fingerprint density at radius 3 is 2.55 bits per heavy atom. The Hall–Kier alpha value is 0.156. The number of ether oxygens (including phenoxy) is 1. The molecule has 11 heavy (non-hydrogen) atoms. The molecule has 62 valence electrons. The molecule has 1 aliphatic heterocycles. The van der Waals surface area contributed by atoms with Crippen molar-refractivity contribution in [2.45, 2.75) is 0 Å². The molecule has 1 heterocycles. The van der Waals surface area contributed by atoms with Gasteiger partial charge in [-0.15, -0.1) is 0 Å². The minimum Gasteiger partial charge on any atom is -1.00 e. The number of nitrogens with zero attached hydrogens (tertiary/aromatic N) is 1. The van der Waals surface area contributed by atoms with E-state index in [1.807, 2.05) is 4.90 Å². The van der Waals surface area contributed by atoms with Gasteiger partial charge in [-0.2, -0.15) is 0 Å². The molecular formula is C6H13MgNO3. The number of hydrogen-bond donors (Lipinski definition) is 1. The van der Waals surface area contributed by atoms with Crippen molar-refractivity contribution in [3.63, 3.8) is 0 Å². The second-order valence-electron chi connectivity index (χ2n) is 2.28. The van der Waals surface area contributed by atoms with E-state index in [2.05, 4.69) is 0 Å². The average Bonchev–Trinajstić information content (AvgIpc) is 1.88. The molecule has 0 bridgehead atoms. The summed E-state index contributed by atoms with van der Waals surface area (Å²) in [6.45, 7) is 2.95. The van der Waals surface area contributed by atoms with Crippen LogP contribution in [0.5, 0.6) is 0 Å².